The van der Waals surface area contributed by atoms with Crippen molar-refractivity contribution in [3.8, 4) is 0 Å². The van der Waals surface area contributed by atoms with E-state index in [1.54, 1.807) is 19.0 Å². The highest BCUT2D eigenvalue weighted by Crippen LogP contribution is 2.02. The monoisotopic (exact) mass is 278 g/mol. The van der Waals surface area contributed by atoms with Crippen molar-refractivity contribution in [2.75, 3.05) is 21.2 Å². The van der Waals surface area contributed by atoms with Crippen molar-refractivity contribution in [2.45, 2.75) is 6.61 Å². The van der Waals surface area contributed by atoms with Gasteiger partial charge in [-0.25, -0.2) is 9.59 Å². The molecule has 0 aliphatic carbocycles. The number of esters is 1. The molecule has 0 radical (unpaired) electrons. The molecule has 0 spiro atoms. The first kappa shape index (κ1) is 15.6. The largest absolute Gasteiger partial charge is 0.464 e. The molecule has 0 bridgehead atoms. The fourth-order valence-corrected chi connectivity index (χ4v) is 1.37. The van der Waals surface area contributed by atoms with Gasteiger partial charge in [-0.3, -0.25) is 5.32 Å². The van der Waals surface area contributed by atoms with E-state index in [2.05, 4.69) is 10.1 Å². The molecular weight excluding hydrogens is 260 g/mol. The van der Waals surface area contributed by atoms with Crippen LogP contribution in [-0.4, -0.2) is 38.2 Å². The summed E-state index contributed by atoms with van der Waals surface area (Å²) in [5.41, 5.74) is 0.870. The molecule has 0 heterocycles. The summed E-state index contributed by atoms with van der Waals surface area (Å²) in [5.74, 6) is -0.643. The maximum atomic E-state index is 11.6. The minimum Gasteiger partial charge on any atom is -0.464 e. The molecule has 1 aromatic carbocycles. The third-order valence-corrected chi connectivity index (χ3v) is 2.24. The summed E-state index contributed by atoms with van der Waals surface area (Å²) in [7, 11) is 4.68. The number of alkyl carbamates (subject to hydrolysis) is 1. The minimum absolute atomic E-state index is 0.00978. The Morgan fingerprint density at radius 1 is 1.25 bits per heavy atom. The number of hydrogen-bond acceptors (Lipinski definition) is 5. The van der Waals surface area contributed by atoms with Gasteiger partial charge in [0.2, 0.25) is 0 Å². The molecule has 6 heteroatoms. The normalized spacial score (nSPS) is 10.7. The Hall–Kier alpha value is -2.50. The van der Waals surface area contributed by atoms with Gasteiger partial charge >= 0.3 is 12.1 Å². The predicted molar refractivity (Wildman–Crippen MR) is 73.5 cm³/mol. The average molecular weight is 278 g/mol. The van der Waals surface area contributed by atoms with Crippen LogP contribution >= 0.6 is 0 Å². The molecule has 108 valence electrons. The molecule has 1 aromatic rings. The highest BCUT2D eigenvalue weighted by Gasteiger charge is 2.14. The van der Waals surface area contributed by atoms with Crippen LogP contribution in [0.3, 0.4) is 0 Å². The molecule has 1 rings (SSSR count). The van der Waals surface area contributed by atoms with Crippen molar-refractivity contribution < 1.29 is 19.1 Å². The van der Waals surface area contributed by atoms with E-state index in [9.17, 15) is 9.59 Å². The fourth-order valence-electron chi connectivity index (χ4n) is 1.37. The average Bonchev–Trinajstić information content (AvgIpc) is 2.44. The summed E-state index contributed by atoms with van der Waals surface area (Å²) in [6.45, 7) is 0.128. The lowest BCUT2D eigenvalue weighted by Gasteiger charge is -2.12. The van der Waals surface area contributed by atoms with Crippen molar-refractivity contribution in [1.29, 1.82) is 0 Å². The molecule has 0 saturated carbocycles. The van der Waals surface area contributed by atoms with Gasteiger partial charge in [0.15, 0.2) is 0 Å². The van der Waals surface area contributed by atoms with E-state index < -0.39 is 12.1 Å². The minimum atomic E-state index is -0.715. The Morgan fingerprint density at radius 2 is 1.90 bits per heavy atom. The van der Waals surface area contributed by atoms with Crippen LogP contribution < -0.4 is 5.32 Å². The first-order valence-electron chi connectivity index (χ1n) is 5.97. The van der Waals surface area contributed by atoms with Crippen LogP contribution in [-0.2, 0) is 20.9 Å². The number of rotatable bonds is 5. The summed E-state index contributed by atoms with van der Waals surface area (Å²) >= 11 is 0. The van der Waals surface area contributed by atoms with Crippen molar-refractivity contribution in [3.05, 3.63) is 47.8 Å². The van der Waals surface area contributed by atoms with Crippen LogP contribution in [0.25, 0.3) is 0 Å². The molecule has 0 aliphatic rings. The van der Waals surface area contributed by atoms with Crippen LogP contribution in [0.1, 0.15) is 5.56 Å². The van der Waals surface area contributed by atoms with Crippen LogP contribution in [0, 0.1) is 0 Å². The van der Waals surface area contributed by atoms with Crippen molar-refractivity contribution in [1.82, 2.24) is 10.2 Å². The van der Waals surface area contributed by atoms with E-state index in [-0.39, 0.29) is 12.3 Å². The number of methoxy groups -OCH3 is 1. The summed E-state index contributed by atoms with van der Waals surface area (Å²) < 4.78 is 9.59. The van der Waals surface area contributed by atoms with Crippen LogP contribution in [0.5, 0.6) is 0 Å². The Labute approximate surface area is 118 Å². The van der Waals surface area contributed by atoms with E-state index >= 15 is 0 Å². The molecule has 1 amide bonds. The number of benzene rings is 1. The number of carbonyl (C=O) groups excluding carboxylic acids is 2. The van der Waals surface area contributed by atoms with Crippen molar-refractivity contribution >= 4 is 12.1 Å². The molecule has 1 N–H and O–H groups in total. The maximum Gasteiger partial charge on any atom is 0.412 e. The van der Waals surface area contributed by atoms with E-state index in [1.807, 2.05) is 30.3 Å². The van der Waals surface area contributed by atoms with Gasteiger partial charge in [-0.05, 0) is 5.56 Å². The van der Waals surface area contributed by atoms with Gasteiger partial charge in [-0.2, -0.15) is 0 Å². The predicted octanol–water partition coefficient (Wildman–Crippen LogP) is 1.49. The Kier molecular flexibility index (Phi) is 6.09. The van der Waals surface area contributed by atoms with Gasteiger partial charge < -0.3 is 14.4 Å². The third-order valence-electron chi connectivity index (χ3n) is 2.24. The molecular formula is C14H18N2O4. The van der Waals surface area contributed by atoms with Gasteiger partial charge in [-0.15, -0.1) is 0 Å². The second-order valence-corrected chi connectivity index (χ2v) is 4.18. The molecule has 0 unspecified atom stereocenters. The topological polar surface area (TPSA) is 67.9 Å². The molecule has 0 aliphatic heterocycles. The summed E-state index contributed by atoms with van der Waals surface area (Å²) in [6.07, 6.45) is 0.725. The summed E-state index contributed by atoms with van der Waals surface area (Å²) in [6, 6.07) is 9.25. The van der Waals surface area contributed by atoms with Crippen LogP contribution in [0.2, 0.25) is 0 Å². The number of nitrogens with one attached hydrogen (secondary N) is 1. The Balaban J connectivity index is 2.56. The van der Waals surface area contributed by atoms with Gasteiger partial charge in [-0.1, -0.05) is 30.3 Å². The summed E-state index contributed by atoms with van der Waals surface area (Å²) in [4.78, 5) is 24.7. The van der Waals surface area contributed by atoms with Gasteiger partial charge in [0.1, 0.15) is 12.3 Å². The highest BCUT2D eigenvalue weighted by molar-refractivity contribution is 5.91. The standard InChI is InChI=1S/C14H18N2O4/c1-16(2)9-12(13(17)19-3)15-14(18)20-10-11-7-5-4-6-8-11/h4-9H,10H2,1-3H3,(H,15,18)/b12-9+. The molecule has 0 fully saturated rings. The SMILES string of the molecule is COC(=O)/C(=C\N(C)C)NC(=O)OCc1ccccc1. The van der Waals surface area contributed by atoms with Gasteiger partial charge in [0.25, 0.3) is 0 Å². The molecule has 20 heavy (non-hydrogen) atoms. The van der Waals surface area contributed by atoms with Crippen LogP contribution in [0.15, 0.2) is 42.2 Å². The molecule has 0 atom stereocenters. The fraction of sp³-hybridized carbons (Fsp3) is 0.286. The first-order chi connectivity index (χ1) is 9.52. The molecule has 0 saturated heterocycles. The smallest absolute Gasteiger partial charge is 0.412 e. The molecule has 6 nitrogen and oxygen atoms in total. The lowest BCUT2D eigenvalue weighted by molar-refractivity contribution is -0.136. The number of carbonyl (C=O) groups is 2. The van der Waals surface area contributed by atoms with E-state index in [0.29, 0.717) is 0 Å². The number of amides is 1. The molecule has 0 aromatic heterocycles. The third kappa shape index (κ3) is 5.43. The second kappa shape index (κ2) is 7.83. The van der Waals surface area contributed by atoms with Crippen molar-refractivity contribution in [2.24, 2.45) is 0 Å². The lowest BCUT2D eigenvalue weighted by atomic mass is 10.2. The zero-order chi connectivity index (χ0) is 15.0. The zero-order valence-electron chi connectivity index (χ0n) is 11.8. The number of hydrogen-bond donors (Lipinski definition) is 1. The van der Waals surface area contributed by atoms with E-state index in [0.717, 1.165) is 5.56 Å². The highest BCUT2D eigenvalue weighted by atomic mass is 16.6. The van der Waals surface area contributed by atoms with Gasteiger partial charge in [0.05, 0.1) is 7.11 Å². The first-order valence-corrected chi connectivity index (χ1v) is 5.97. The van der Waals surface area contributed by atoms with Crippen LogP contribution in [0.4, 0.5) is 4.79 Å². The second-order valence-electron chi connectivity index (χ2n) is 4.18. The van der Waals surface area contributed by atoms with Gasteiger partial charge in [0, 0.05) is 20.3 Å². The Bertz CT molecular complexity index is 483. The number of nitrogens with zero attached hydrogens (tertiary/aromatic N) is 1. The number of ether oxygens (including phenoxy) is 2. The maximum absolute atomic E-state index is 11.6. The lowest BCUT2D eigenvalue weighted by Crippen LogP contribution is -2.30. The van der Waals surface area contributed by atoms with E-state index in [1.165, 1.54) is 13.3 Å². The Morgan fingerprint density at radius 3 is 2.45 bits per heavy atom. The zero-order valence-corrected chi connectivity index (χ0v) is 11.8. The van der Waals surface area contributed by atoms with E-state index in [4.69, 9.17) is 4.74 Å². The quantitative estimate of drug-likeness (QED) is 0.653. The van der Waals surface area contributed by atoms with Crippen molar-refractivity contribution in [3.63, 3.8) is 0 Å². The summed E-state index contributed by atoms with van der Waals surface area (Å²) in [5, 5.41) is 2.35.